The van der Waals surface area contributed by atoms with Gasteiger partial charge in [0.1, 0.15) is 5.82 Å². The second-order valence-electron chi connectivity index (χ2n) is 6.36. The molecule has 0 saturated carbocycles. The van der Waals surface area contributed by atoms with E-state index in [1.54, 1.807) is 31.3 Å². The van der Waals surface area contributed by atoms with Gasteiger partial charge in [0.2, 0.25) is 23.4 Å². The van der Waals surface area contributed by atoms with Crippen LogP contribution in [0.15, 0.2) is 47.1 Å². The first-order valence-corrected chi connectivity index (χ1v) is 9.23. The molecule has 0 aliphatic heterocycles. The number of pyridine rings is 1. The number of aromatic nitrogens is 2. The maximum Gasteiger partial charge on any atom is 0.289 e. The summed E-state index contributed by atoms with van der Waals surface area (Å²) in [5.41, 5.74) is 1.21. The van der Waals surface area contributed by atoms with Crippen LogP contribution in [0.3, 0.4) is 0 Å². The number of hydrogen-bond acceptors (Lipinski definition) is 6. The third-order valence-electron chi connectivity index (χ3n) is 4.44. The zero-order chi connectivity index (χ0) is 21.7. The Kier molecular flexibility index (Phi) is 6.41. The molecule has 0 aliphatic rings. The van der Waals surface area contributed by atoms with E-state index in [1.807, 2.05) is 0 Å². The monoisotopic (exact) mass is 412 g/mol. The Morgan fingerprint density at radius 3 is 2.77 bits per heavy atom. The van der Waals surface area contributed by atoms with E-state index >= 15 is 0 Å². The van der Waals surface area contributed by atoms with Crippen LogP contribution in [0, 0.1) is 5.82 Å². The number of rotatable bonds is 7. The molecule has 2 heterocycles. The van der Waals surface area contributed by atoms with E-state index in [9.17, 15) is 14.0 Å². The lowest BCUT2D eigenvalue weighted by Gasteiger charge is -2.17. The summed E-state index contributed by atoms with van der Waals surface area (Å²) in [5, 5.41) is 2.70. The Morgan fingerprint density at radius 2 is 2.07 bits per heavy atom. The smallest absolute Gasteiger partial charge is 0.289 e. The van der Waals surface area contributed by atoms with Crippen LogP contribution in [0.4, 0.5) is 10.1 Å². The molecule has 8 nitrogen and oxygen atoms in total. The molecule has 1 N–H and O–H groups in total. The fourth-order valence-corrected chi connectivity index (χ4v) is 2.80. The SMILES string of the molecule is CCC(=O)N(C)c1ccc(-c2ncc(C(=O)NCc3cccnc3OC)o2)cc1F. The number of oxazole rings is 1. The molecule has 0 saturated heterocycles. The lowest BCUT2D eigenvalue weighted by atomic mass is 10.2. The van der Waals surface area contributed by atoms with Crippen molar-refractivity contribution >= 4 is 17.5 Å². The molecule has 0 unspecified atom stereocenters. The Bertz CT molecular complexity index is 1070. The molecule has 3 aromatic rings. The van der Waals surface area contributed by atoms with E-state index in [0.717, 1.165) is 0 Å². The number of ether oxygens (including phenoxy) is 1. The van der Waals surface area contributed by atoms with E-state index < -0.39 is 11.7 Å². The van der Waals surface area contributed by atoms with Crippen LogP contribution in [0.5, 0.6) is 5.88 Å². The molecular weight excluding hydrogens is 391 g/mol. The third-order valence-corrected chi connectivity index (χ3v) is 4.44. The van der Waals surface area contributed by atoms with Crippen molar-refractivity contribution in [2.24, 2.45) is 0 Å². The fourth-order valence-electron chi connectivity index (χ4n) is 2.80. The predicted molar refractivity (Wildman–Crippen MR) is 108 cm³/mol. The minimum Gasteiger partial charge on any atom is -0.481 e. The van der Waals surface area contributed by atoms with E-state index in [1.165, 1.54) is 37.4 Å². The van der Waals surface area contributed by atoms with E-state index in [-0.39, 0.29) is 36.2 Å². The molecule has 3 rings (SSSR count). The summed E-state index contributed by atoms with van der Waals surface area (Å²) in [7, 11) is 3.01. The van der Waals surface area contributed by atoms with Crippen molar-refractivity contribution < 1.29 is 23.1 Å². The van der Waals surface area contributed by atoms with Gasteiger partial charge in [-0.2, -0.15) is 0 Å². The number of nitrogens with zero attached hydrogens (tertiary/aromatic N) is 3. The fraction of sp³-hybridized carbons (Fsp3) is 0.238. The van der Waals surface area contributed by atoms with E-state index in [4.69, 9.17) is 9.15 Å². The van der Waals surface area contributed by atoms with Gasteiger partial charge in [0.25, 0.3) is 5.91 Å². The zero-order valence-corrected chi connectivity index (χ0v) is 16.8. The number of nitrogens with one attached hydrogen (secondary N) is 1. The Morgan fingerprint density at radius 1 is 1.27 bits per heavy atom. The highest BCUT2D eigenvalue weighted by Gasteiger charge is 2.18. The van der Waals surface area contributed by atoms with Crippen LogP contribution >= 0.6 is 0 Å². The lowest BCUT2D eigenvalue weighted by molar-refractivity contribution is -0.118. The van der Waals surface area contributed by atoms with E-state index in [2.05, 4.69) is 15.3 Å². The van der Waals surface area contributed by atoms with Crippen molar-refractivity contribution in [2.45, 2.75) is 19.9 Å². The molecule has 2 amide bonds. The van der Waals surface area contributed by atoms with Gasteiger partial charge in [-0.25, -0.2) is 14.4 Å². The zero-order valence-electron chi connectivity index (χ0n) is 16.8. The first-order chi connectivity index (χ1) is 14.4. The molecule has 0 spiro atoms. The predicted octanol–water partition coefficient (Wildman–Crippen LogP) is 3.19. The van der Waals surface area contributed by atoms with Crippen LogP contribution in [0.1, 0.15) is 29.5 Å². The Hall–Kier alpha value is -3.75. The Balaban J connectivity index is 1.72. The van der Waals surface area contributed by atoms with Crippen molar-refractivity contribution in [3.63, 3.8) is 0 Å². The number of carbonyl (C=O) groups excluding carboxylic acids is 2. The molecular formula is C21H21FN4O4. The largest absolute Gasteiger partial charge is 0.481 e. The van der Waals surface area contributed by atoms with Gasteiger partial charge in [-0.1, -0.05) is 13.0 Å². The summed E-state index contributed by atoms with van der Waals surface area (Å²) >= 11 is 0. The highest BCUT2D eigenvalue weighted by Crippen LogP contribution is 2.26. The summed E-state index contributed by atoms with van der Waals surface area (Å²) in [6, 6.07) is 7.77. The number of carbonyl (C=O) groups is 2. The summed E-state index contributed by atoms with van der Waals surface area (Å²) in [4.78, 5) is 33.5. The number of halogens is 1. The lowest BCUT2D eigenvalue weighted by Crippen LogP contribution is -2.25. The number of amides is 2. The van der Waals surface area contributed by atoms with Gasteiger partial charge in [-0.05, 0) is 24.3 Å². The summed E-state index contributed by atoms with van der Waals surface area (Å²) in [6.07, 6.45) is 3.12. The number of anilines is 1. The number of methoxy groups -OCH3 is 1. The second-order valence-corrected chi connectivity index (χ2v) is 6.36. The minimum atomic E-state index is -0.593. The van der Waals surface area contributed by atoms with Gasteiger partial charge < -0.3 is 19.4 Å². The van der Waals surface area contributed by atoms with Crippen molar-refractivity contribution in [1.29, 1.82) is 0 Å². The van der Waals surface area contributed by atoms with Crippen molar-refractivity contribution in [3.8, 4) is 17.3 Å². The van der Waals surface area contributed by atoms with E-state index in [0.29, 0.717) is 17.0 Å². The van der Waals surface area contributed by atoms with Crippen molar-refractivity contribution in [1.82, 2.24) is 15.3 Å². The average Bonchev–Trinajstić information content (AvgIpc) is 3.27. The quantitative estimate of drug-likeness (QED) is 0.640. The molecule has 2 aromatic heterocycles. The first kappa shape index (κ1) is 21.0. The molecule has 30 heavy (non-hydrogen) atoms. The van der Waals surface area contributed by atoms with Gasteiger partial charge in [0.15, 0.2) is 0 Å². The van der Waals surface area contributed by atoms with Gasteiger partial charge in [-0.3, -0.25) is 9.59 Å². The van der Waals surface area contributed by atoms with Crippen LogP contribution in [-0.2, 0) is 11.3 Å². The molecule has 9 heteroatoms. The molecule has 0 aliphatic carbocycles. The molecule has 0 fully saturated rings. The molecule has 0 bridgehead atoms. The van der Waals surface area contributed by atoms with Crippen LogP contribution in [-0.4, -0.2) is 35.9 Å². The normalized spacial score (nSPS) is 10.5. The van der Waals surface area contributed by atoms with Gasteiger partial charge in [-0.15, -0.1) is 0 Å². The molecule has 0 atom stereocenters. The maximum atomic E-state index is 14.5. The standard InChI is InChI=1S/C21H21FN4O4/c1-4-18(27)26(2)16-8-7-13(10-15(16)22)21-25-12-17(30-21)19(28)24-11-14-6-5-9-23-20(14)29-3/h5-10,12H,4,11H2,1-3H3,(H,24,28). The molecule has 156 valence electrons. The van der Waals surface area contributed by atoms with Gasteiger partial charge in [0, 0.05) is 37.3 Å². The second kappa shape index (κ2) is 9.17. The topological polar surface area (TPSA) is 97.6 Å². The first-order valence-electron chi connectivity index (χ1n) is 9.23. The highest BCUT2D eigenvalue weighted by molar-refractivity contribution is 5.93. The van der Waals surface area contributed by atoms with Gasteiger partial charge in [0.05, 0.1) is 19.0 Å². The number of hydrogen-bond donors (Lipinski definition) is 1. The molecule has 0 radical (unpaired) electrons. The maximum absolute atomic E-state index is 14.5. The van der Waals surface area contributed by atoms with Gasteiger partial charge >= 0.3 is 0 Å². The number of benzene rings is 1. The highest BCUT2D eigenvalue weighted by atomic mass is 19.1. The van der Waals surface area contributed by atoms with Crippen LogP contribution in [0.25, 0.3) is 11.5 Å². The minimum absolute atomic E-state index is 0.0179. The summed E-state index contributed by atoms with van der Waals surface area (Å²) < 4.78 is 25.1. The van der Waals surface area contributed by atoms with Crippen LogP contribution in [0.2, 0.25) is 0 Å². The van der Waals surface area contributed by atoms with Crippen LogP contribution < -0.4 is 15.0 Å². The summed E-state index contributed by atoms with van der Waals surface area (Å²) in [5.74, 6) is -0.792. The Labute approximate surface area is 172 Å². The third kappa shape index (κ3) is 4.45. The average molecular weight is 412 g/mol. The summed E-state index contributed by atoms with van der Waals surface area (Å²) in [6.45, 7) is 1.89. The van der Waals surface area contributed by atoms with Crippen molar-refractivity contribution in [3.05, 3.63) is 59.9 Å². The molecule has 1 aromatic carbocycles. The van der Waals surface area contributed by atoms with Crippen molar-refractivity contribution in [2.75, 3.05) is 19.1 Å².